The van der Waals surface area contributed by atoms with Crippen LogP contribution in [0.25, 0.3) is 0 Å². The van der Waals surface area contributed by atoms with Gasteiger partial charge in [-0.3, -0.25) is 9.69 Å². The van der Waals surface area contributed by atoms with Crippen LogP contribution in [0.4, 0.5) is 21.9 Å². The number of halogens is 1. The molecule has 0 atom stereocenters. The highest BCUT2D eigenvalue weighted by atomic mass is 79.9. The fourth-order valence-corrected chi connectivity index (χ4v) is 5.26. The summed E-state index contributed by atoms with van der Waals surface area (Å²) in [5.74, 6) is 0.193. The summed E-state index contributed by atoms with van der Waals surface area (Å²) in [6.07, 6.45) is 2.17. The Morgan fingerprint density at radius 3 is 2.53 bits per heavy atom. The van der Waals surface area contributed by atoms with Gasteiger partial charge >= 0.3 is 6.03 Å². The molecule has 2 amide bonds. The number of anilines is 3. The number of piperazine rings is 1. The van der Waals surface area contributed by atoms with E-state index in [2.05, 4.69) is 50.2 Å². The number of hydrogen-bond donors (Lipinski definition) is 1. The van der Waals surface area contributed by atoms with Crippen LogP contribution in [0, 0.1) is 0 Å². The molecule has 1 saturated heterocycles. The van der Waals surface area contributed by atoms with Crippen LogP contribution in [0.3, 0.4) is 0 Å². The van der Waals surface area contributed by atoms with Gasteiger partial charge in [0.1, 0.15) is 0 Å². The normalized spacial score (nSPS) is 18.5. The summed E-state index contributed by atoms with van der Waals surface area (Å²) in [4.78, 5) is 31.5. The second kappa shape index (κ2) is 7.71. The molecule has 156 valence electrons. The Hall–Kier alpha value is -2.38. The molecule has 1 N–H and O–H groups in total. The lowest BCUT2D eigenvalue weighted by Crippen LogP contribution is -2.44. The van der Waals surface area contributed by atoms with Gasteiger partial charge in [-0.05, 0) is 77.3 Å². The van der Waals surface area contributed by atoms with Crippen molar-refractivity contribution >= 4 is 44.8 Å². The number of urea groups is 1. The van der Waals surface area contributed by atoms with E-state index in [-0.39, 0.29) is 11.8 Å². The van der Waals surface area contributed by atoms with Crippen molar-refractivity contribution in [2.45, 2.75) is 19.3 Å². The van der Waals surface area contributed by atoms with Crippen molar-refractivity contribution in [2.75, 3.05) is 54.9 Å². The zero-order chi connectivity index (χ0) is 20.8. The summed E-state index contributed by atoms with van der Waals surface area (Å²) in [7, 11) is 2.15. The highest BCUT2D eigenvalue weighted by Gasteiger charge is 2.28. The Bertz CT molecular complexity index is 1030. The van der Waals surface area contributed by atoms with Crippen molar-refractivity contribution in [2.24, 2.45) is 0 Å². The third kappa shape index (κ3) is 3.50. The van der Waals surface area contributed by atoms with Gasteiger partial charge in [-0.2, -0.15) is 0 Å². The summed E-state index contributed by atoms with van der Waals surface area (Å²) in [6.45, 7) is 4.70. The average molecular weight is 469 g/mol. The van der Waals surface area contributed by atoms with Crippen molar-refractivity contribution in [3.8, 4) is 0 Å². The van der Waals surface area contributed by atoms with Crippen molar-refractivity contribution in [3.63, 3.8) is 0 Å². The predicted molar refractivity (Wildman–Crippen MR) is 123 cm³/mol. The largest absolute Gasteiger partial charge is 0.368 e. The lowest BCUT2D eigenvalue weighted by Gasteiger charge is -2.35. The van der Waals surface area contributed by atoms with Gasteiger partial charge in [0, 0.05) is 54.9 Å². The SMILES string of the molecule is CN1CCN(c2cc3c(cc2Br)CCN3C(=O)Nc2ccc3c(c2)CCC3=O)CC1. The van der Waals surface area contributed by atoms with Crippen LogP contribution in [-0.4, -0.2) is 56.5 Å². The molecule has 6 nitrogen and oxygen atoms in total. The number of rotatable bonds is 2. The van der Waals surface area contributed by atoms with Gasteiger partial charge in [0.05, 0.1) is 11.4 Å². The number of carbonyl (C=O) groups is 2. The minimum absolute atomic E-state index is 0.121. The van der Waals surface area contributed by atoms with E-state index in [0.29, 0.717) is 13.0 Å². The lowest BCUT2D eigenvalue weighted by atomic mass is 10.1. The topological polar surface area (TPSA) is 55.9 Å². The number of fused-ring (bicyclic) bond motifs is 2. The van der Waals surface area contributed by atoms with Crippen molar-refractivity contribution in [1.82, 2.24) is 4.90 Å². The van der Waals surface area contributed by atoms with Crippen LogP contribution in [0.2, 0.25) is 0 Å². The fraction of sp³-hybridized carbons (Fsp3) is 0.391. The molecule has 0 bridgehead atoms. The van der Waals surface area contributed by atoms with E-state index < -0.39 is 0 Å². The molecule has 0 spiro atoms. The van der Waals surface area contributed by atoms with Gasteiger partial charge in [0.15, 0.2) is 5.78 Å². The van der Waals surface area contributed by atoms with Crippen molar-refractivity contribution in [1.29, 1.82) is 0 Å². The third-order valence-corrected chi connectivity index (χ3v) is 7.05. The minimum Gasteiger partial charge on any atom is -0.368 e. The third-order valence-electron chi connectivity index (χ3n) is 6.41. The zero-order valence-corrected chi connectivity index (χ0v) is 18.7. The predicted octanol–water partition coefficient (Wildman–Crippen LogP) is 3.92. The second-order valence-corrected chi connectivity index (χ2v) is 9.20. The van der Waals surface area contributed by atoms with E-state index in [9.17, 15) is 9.59 Å². The summed E-state index contributed by atoms with van der Waals surface area (Å²) in [5.41, 5.74) is 5.90. The molecule has 0 radical (unpaired) electrons. The van der Waals surface area contributed by atoms with Crippen LogP contribution in [-0.2, 0) is 12.8 Å². The molecule has 1 aliphatic carbocycles. The number of Topliss-reactive ketones (excluding diaryl/α,β-unsaturated/α-hetero) is 1. The van der Waals surface area contributed by atoms with Gasteiger partial charge in [-0.25, -0.2) is 4.79 Å². The van der Waals surface area contributed by atoms with E-state index in [1.165, 1.54) is 5.56 Å². The smallest absolute Gasteiger partial charge is 0.326 e. The minimum atomic E-state index is -0.121. The number of nitrogens with one attached hydrogen (secondary N) is 1. The number of ketones is 1. The molecule has 1 fully saturated rings. The molecule has 30 heavy (non-hydrogen) atoms. The number of hydrogen-bond acceptors (Lipinski definition) is 4. The molecule has 7 heteroatoms. The summed E-state index contributed by atoms with van der Waals surface area (Å²) >= 11 is 3.74. The van der Waals surface area contributed by atoms with E-state index >= 15 is 0 Å². The zero-order valence-electron chi connectivity index (χ0n) is 17.1. The number of benzene rings is 2. The van der Waals surface area contributed by atoms with Crippen LogP contribution < -0.4 is 15.1 Å². The van der Waals surface area contributed by atoms with Crippen LogP contribution in [0.5, 0.6) is 0 Å². The van der Waals surface area contributed by atoms with Crippen molar-refractivity contribution in [3.05, 3.63) is 51.5 Å². The summed E-state index contributed by atoms with van der Waals surface area (Å²) in [5, 5.41) is 3.03. The Morgan fingerprint density at radius 2 is 1.73 bits per heavy atom. The highest BCUT2D eigenvalue weighted by Crippen LogP contribution is 2.38. The molecule has 0 unspecified atom stereocenters. The highest BCUT2D eigenvalue weighted by molar-refractivity contribution is 9.10. The first-order valence-electron chi connectivity index (χ1n) is 10.5. The van der Waals surface area contributed by atoms with E-state index in [1.54, 1.807) is 0 Å². The maximum Gasteiger partial charge on any atom is 0.326 e. The number of amides is 2. The van der Waals surface area contributed by atoms with Crippen LogP contribution in [0.1, 0.15) is 27.9 Å². The Labute approximate surface area is 185 Å². The number of likely N-dealkylation sites (N-methyl/N-ethyl adjacent to an activating group) is 1. The first-order valence-corrected chi connectivity index (χ1v) is 11.3. The van der Waals surface area contributed by atoms with Gasteiger partial charge in [0.2, 0.25) is 0 Å². The number of nitrogens with zero attached hydrogens (tertiary/aromatic N) is 3. The van der Waals surface area contributed by atoms with E-state index in [0.717, 1.165) is 71.7 Å². The standard InChI is InChI=1S/C23H25BrN4O2/c1-26-8-10-27(11-9-26)21-14-20-16(13-19(21)24)6-7-28(20)23(30)25-17-3-4-18-15(12-17)2-5-22(18)29/h3-4,12-14H,2,5-11H2,1H3,(H,25,30). The lowest BCUT2D eigenvalue weighted by molar-refractivity contribution is 0.0994. The molecule has 2 heterocycles. The molecule has 2 aromatic rings. The van der Waals surface area contributed by atoms with Crippen LogP contribution >= 0.6 is 15.9 Å². The Morgan fingerprint density at radius 1 is 0.933 bits per heavy atom. The molecule has 3 aliphatic rings. The first kappa shape index (κ1) is 19.6. The first-order chi connectivity index (χ1) is 14.5. The van der Waals surface area contributed by atoms with Crippen LogP contribution in [0.15, 0.2) is 34.8 Å². The Kier molecular flexibility index (Phi) is 5.03. The van der Waals surface area contributed by atoms with Gasteiger partial charge < -0.3 is 15.1 Å². The second-order valence-electron chi connectivity index (χ2n) is 8.35. The van der Waals surface area contributed by atoms with Gasteiger partial charge in [0.25, 0.3) is 0 Å². The molecule has 0 aromatic heterocycles. The molecule has 2 aliphatic heterocycles. The molecule has 5 rings (SSSR count). The quantitative estimate of drug-likeness (QED) is 0.725. The van der Waals surface area contributed by atoms with E-state index in [1.807, 2.05) is 23.1 Å². The maximum absolute atomic E-state index is 13.1. The number of carbonyl (C=O) groups excluding carboxylic acids is 2. The monoisotopic (exact) mass is 468 g/mol. The average Bonchev–Trinajstić information content (AvgIpc) is 3.31. The Balaban J connectivity index is 1.37. The summed E-state index contributed by atoms with van der Waals surface area (Å²) < 4.78 is 1.09. The molecule has 0 saturated carbocycles. The fourth-order valence-electron chi connectivity index (χ4n) is 4.62. The van der Waals surface area contributed by atoms with Gasteiger partial charge in [-0.1, -0.05) is 0 Å². The van der Waals surface area contributed by atoms with Gasteiger partial charge in [-0.15, -0.1) is 0 Å². The molecule has 2 aromatic carbocycles. The van der Waals surface area contributed by atoms with E-state index in [4.69, 9.17) is 0 Å². The molecular weight excluding hydrogens is 444 g/mol. The number of aryl methyl sites for hydroxylation is 1. The molecular formula is C23H25BrN4O2. The summed E-state index contributed by atoms with van der Waals surface area (Å²) in [6, 6.07) is 9.79. The van der Waals surface area contributed by atoms with Crippen molar-refractivity contribution < 1.29 is 9.59 Å². The maximum atomic E-state index is 13.1.